The molecule has 1 rings (SSSR count). The summed E-state index contributed by atoms with van der Waals surface area (Å²) in [5.74, 6) is -1.40. The molecular weight excluding hydrogens is 218 g/mol. The Morgan fingerprint density at radius 2 is 1.88 bits per heavy atom. The molecule has 2 unspecified atom stereocenters. The van der Waals surface area contributed by atoms with Crippen molar-refractivity contribution in [1.29, 1.82) is 0 Å². The second-order valence-electron chi connectivity index (χ2n) is 4.10. The molecule has 0 saturated heterocycles. The minimum absolute atomic E-state index is 0.147. The summed E-state index contributed by atoms with van der Waals surface area (Å²) < 4.78 is 0. The van der Waals surface area contributed by atoms with E-state index < -0.39 is 12.0 Å². The zero-order valence-electron chi connectivity index (χ0n) is 10.0. The van der Waals surface area contributed by atoms with Gasteiger partial charge in [-0.1, -0.05) is 18.2 Å². The summed E-state index contributed by atoms with van der Waals surface area (Å²) in [6, 6.07) is 8.93. The van der Waals surface area contributed by atoms with Crippen LogP contribution in [0, 0.1) is 5.92 Å². The van der Waals surface area contributed by atoms with Crippen LogP contribution in [0.2, 0.25) is 0 Å². The SMILES string of the molecule is CC(=O)C(CC(C)O)C(=O)Nc1ccccc1. The molecule has 0 bridgehead atoms. The van der Waals surface area contributed by atoms with Crippen molar-refractivity contribution in [3.05, 3.63) is 30.3 Å². The quantitative estimate of drug-likeness (QED) is 0.762. The molecule has 0 spiro atoms. The van der Waals surface area contributed by atoms with Crippen LogP contribution in [0.25, 0.3) is 0 Å². The minimum atomic E-state index is -0.796. The Bertz CT molecular complexity index is 387. The van der Waals surface area contributed by atoms with Gasteiger partial charge in [-0.05, 0) is 32.4 Å². The lowest BCUT2D eigenvalue weighted by Crippen LogP contribution is -2.30. The van der Waals surface area contributed by atoms with Gasteiger partial charge in [0.2, 0.25) is 5.91 Å². The number of para-hydroxylation sites is 1. The molecule has 4 heteroatoms. The zero-order valence-corrected chi connectivity index (χ0v) is 10.0. The van der Waals surface area contributed by atoms with Crippen molar-refractivity contribution in [3.63, 3.8) is 0 Å². The highest BCUT2D eigenvalue weighted by molar-refractivity contribution is 6.06. The first-order valence-electron chi connectivity index (χ1n) is 5.55. The lowest BCUT2D eigenvalue weighted by Gasteiger charge is -2.15. The predicted molar refractivity (Wildman–Crippen MR) is 65.5 cm³/mol. The average Bonchev–Trinajstić information content (AvgIpc) is 2.26. The Kier molecular flexibility index (Phi) is 4.84. The molecule has 1 aromatic carbocycles. The van der Waals surface area contributed by atoms with Crippen LogP contribution in [0.3, 0.4) is 0 Å². The number of Topliss-reactive ketones (excluding diaryl/α,β-unsaturated/α-hetero) is 1. The van der Waals surface area contributed by atoms with Gasteiger partial charge in [-0.15, -0.1) is 0 Å². The number of hydrogen-bond donors (Lipinski definition) is 2. The Morgan fingerprint density at radius 1 is 1.29 bits per heavy atom. The first-order chi connectivity index (χ1) is 8.00. The number of carbonyl (C=O) groups excluding carboxylic acids is 2. The van der Waals surface area contributed by atoms with Crippen molar-refractivity contribution in [2.24, 2.45) is 5.92 Å². The van der Waals surface area contributed by atoms with Gasteiger partial charge in [0.25, 0.3) is 0 Å². The van der Waals surface area contributed by atoms with Gasteiger partial charge in [-0.3, -0.25) is 9.59 Å². The highest BCUT2D eigenvalue weighted by Crippen LogP contribution is 2.13. The molecule has 0 radical (unpaired) electrons. The van der Waals surface area contributed by atoms with E-state index in [9.17, 15) is 14.7 Å². The lowest BCUT2D eigenvalue weighted by molar-refractivity contribution is -0.131. The maximum Gasteiger partial charge on any atom is 0.235 e. The number of carbonyl (C=O) groups is 2. The van der Waals surface area contributed by atoms with Crippen molar-refractivity contribution < 1.29 is 14.7 Å². The Morgan fingerprint density at radius 3 is 2.35 bits per heavy atom. The zero-order chi connectivity index (χ0) is 12.8. The summed E-state index contributed by atoms with van der Waals surface area (Å²) in [6.07, 6.45) is -0.529. The Hall–Kier alpha value is -1.68. The van der Waals surface area contributed by atoms with Crippen molar-refractivity contribution in [2.45, 2.75) is 26.4 Å². The number of anilines is 1. The molecule has 0 heterocycles. The molecule has 1 aromatic rings. The fraction of sp³-hybridized carbons (Fsp3) is 0.385. The minimum Gasteiger partial charge on any atom is -0.393 e. The van der Waals surface area contributed by atoms with Crippen molar-refractivity contribution in [3.8, 4) is 0 Å². The number of hydrogen-bond acceptors (Lipinski definition) is 3. The van der Waals surface area contributed by atoms with E-state index >= 15 is 0 Å². The summed E-state index contributed by atoms with van der Waals surface area (Å²) >= 11 is 0. The van der Waals surface area contributed by atoms with E-state index in [4.69, 9.17) is 0 Å². The van der Waals surface area contributed by atoms with E-state index in [1.54, 1.807) is 31.2 Å². The van der Waals surface area contributed by atoms with Gasteiger partial charge in [0, 0.05) is 5.69 Å². The second-order valence-corrected chi connectivity index (χ2v) is 4.10. The summed E-state index contributed by atoms with van der Waals surface area (Å²) in [6.45, 7) is 2.92. The smallest absolute Gasteiger partial charge is 0.235 e. The van der Waals surface area contributed by atoms with Gasteiger partial charge in [-0.25, -0.2) is 0 Å². The van der Waals surface area contributed by atoms with Crippen molar-refractivity contribution in [2.75, 3.05) is 5.32 Å². The molecule has 17 heavy (non-hydrogen) atoms. The topological polar surface area (TPSA) is 66.4 Å². The number of benzene rings is 1. The standard InChI is InChI=1S/C13H17NO3/c1-9(15)8-12(10(2)16)13(17)14-11-6-4-3-5-7-11/h3-7,9,12,15H,8H2,1-2H3,(H,14,17). The molecule has 4 nitrogen and oxygen atoms in total. The number of aliphatic hydroxyl groups excluding tert-OH is 1. The van der Waals surface area contributed by atoms with E-state index in [-0.39, 0.29) is 18.1 Å². The van der Waals surface area contributed by atoms with Crippen LogP contribution in [0.4, 0.5) is 5.69 Å². The normalized spacial score (nSPS) is 13.8. The molecule has 0 aliphatic rings. The van der Waals surface area contributed by atoms with Crippen LogP contribution in [0.5, 0.6) is 0 Å². The second kappa shape index (κ2) is 6.15. The molecule has 0 aliphatic carbocycles. The number of amides is 1. The molecule has 92 valence electrons. The summed E-state index contributed by atoms with van der Waals surface area (Å²) in [5.41, 5.74) is 0.648. The van der Waals surface area contributed by atoms with Crippen LogP contribution >= 0.6 is 0 Å². The molecule has 1 amide bonds. The summed E-state index contributed by atoms with van der Waals surface area (Å²) in [5, 5.41) is 11.9. The van der Waals surface area contributed by atoms with E-state index in [2.05, 4.69) is 5.32 Å². The van der Waals surface area contributed by atoms with Crippen LogP contribution in [-0.4, -0.2) is 22.9 Å². The summed E-state index contributed by atoms with van der Waals surface area (Å²) in [7, 11) is 0. The van der Waals surface area contributed by atoms with E-state index in [1.807, 2.05) is 6.07 Å². The van der Waals surface area contributed by atoms with Gasteiger partial charge < -0.3 is 10.4 Å². The van der Waals surface area contributed by atoms with Crippen molar-refractivity contribution >= 4 is 17.4 Å². The van der Waals surface area contributed by atoms with Crippen molar-refractivity contribution in [1.82, 2.24) is 0 Å². The molecule has 0 aliphatic heterocycles. The average molecular weight is 235 g/mol. The van der Waals surface area contributed by atoms with Crippen LogP contribution in [-0.2, 0) is 9.59 Å². The molecule has 2 atom stereocenters. The largest absolute Gasteiger partial charge is 0.393 e. The molecule has 0 aromatic heterocycles. The van der Waals surface area contributed by atoms with Gasteiger partial charge in [0.15, 0.2) is 0 Å². The van der Waals surface area contributed by atoms with Gasteiger partial charge in [0.05, 0.1) is 12.0 Å². The van der Waals surface area contributed by atoms with Crippen LogP contribution in [0.1, 0.15) is 20.3 Å². The third kappa shape index (κ3) is 4.36. The van der Waals surface area contributed by atoms with E-state index in [0.29, 0.717) is 5.69 Å². The van der Waals surface area contributed by atoms with Gasteiger partial charge >= 0.3 is 0 Å². The maximum absolute atomic E-state index is 11.8. The fourth-order valence-electron chi connectivity index (χ4n) is 1.55. The molecule has 0 saturated carbocycles. The number of ketones is 1. The molecule has 2 N–H and O–H groups in total. The first-order valence-corrected chi connectivity index (χ1v) is 5.55. The summed E-state index contributed by atoms with van der Waals surface area (Å²) in [4.78, 5) is 23.2. The van der Waals surface area contributed by atoms with Crippen LogP contribution in [0.15, 0.2) is 30.3 Å². The fourth-order valence-corrected chi connectivity index (χ4v) is 1.55. The highest BCUT2D eigenvalue weighted by atomic mass is 16.3. The Balaban J connectivity index is 2.69. The Labute approximate surface area is 101 Å². The molecular formula is C13H17NO3. The lowest BCUT2D eigenvalue weighted by atomic mass is 9.97. The third-order valence-corrected chi connectivity index (χ3v) is 2.43. The van der Waals surface area contributed by atoms with Gasteiger partial charge in [-0.2, -0.15) is 0 Å². The maximum atomic E-state index is 11.8. The monoisotopic (exact) mass is 235 g/mol. The molecule has 0 fully saturated rings. The van der Waals surface area contributed by atoms with Gasteiger partial charge in [0.1, 0.15) is 5.78 Å². The highest BCUT2D eigenvalue weighted by Gasteiger charge is 2.24. The van der Waals surface area contributed by atoms with E-state index in [1.165, 1.54) is 6.92 Å². The third-order valence-electron chi connectivity index (χ3n) is 2.43. The van der Waals surface area contributed by atoms with E-state index in [0.717, 1.165) is 0 Å². The number of rotatable bonds is 5. The predicted octanol–water partition coefficient (Wildman–Crippen LogP) is 1.60. The number of nitrogens with one attached hydrogen (secondary N) is 1. The first kappa shape index (κ1) is 13.4. The number of aliphatic hydroxyl groups is 1. The van der Waals surface area contributed by atoms with Crippen LogP contribution < -0.4 is 5.32 Å².